The van der Waals surface area contributed by atoms with Gasteiger partial charge >= 0.3 is 0 Å². The highest BCUT2D eigenvalue weighted by Gasteiger charge is 2.16. The van der Waals surface area contributed by atoms with E-state index in [1.54, 1.807) is 10.6 Å². The first-order valence-corrected chi connectivity index (χ1v) is 9.15. The second kappa shape index (κ2) is 7.31. The van der Waals surface area contributed by atoms with Crippen LogP contribution < -0.4 is 5.56 Å². The highest BCUT2D eigenvalue weighted by molar-refractivity contribution is 5.92. The van der Waals surface area contributed by atoms with Crippen LogP contribution in [-0.2, 0) is 11.2 Å². The Labute approximate surface area is 159 Å². The minimum atomic E-state index is -0.0771. The van der Waals surface area contributed by atoms with Gasteiger partial charge < -0.3 is 0 Å². The van der Waals surface area contributed by atoms with E-state index in [9.17, 15) is 9.59 Å². The predicted octanol–water partition coefficient (Wildman–Crippen LogP) is 4.48. The topological polar surface area (TPSA) is 52.0 Å². The van der Waals surface area contributed by atoms with Gasteiger partial charge in [0, 0.05) is 6.42 Å². The van der Waals surface area contributed by atoms with Gasteiger partial charge in [-0.1, -0.05) is 31.2 Å². The second-order valence-electron chi connectivity index (χ2n) is 6.93. The van der Waals surface area contributed by atoms with Crippen LogP contribution in [0.2, 0.25) is 0 Å². The van der Waals surface area contributed by atoms with Crippen LogP contribution in [0, 0.1) is 20.8 Å². The quantitative estimate of drug-likeness (QED) is 0.645. The van der Waals surface area contributed by atoms with E-state index < -0.39 is 0 Å². The van der Waals surface area contributed by atoms with Crippen LogP contribution in [-0.4, -0.2) is 15.3 Å². The predicted molar refractivity (Wildman–Crippen MR) is 111 cm³/mol. The number of benzene rings is 2. The lowest BCUT2D eigenvalue weighted by molar-refractivity contribution is -0.112. The average molecular weight is 360 g/mol. The standard InChI is InChI=1S/C23H24N2O2/c1-6-21-24-20-12-16(4)18(11-10-17(5)26)13-19(20)23(27)25(21)22-14(2)8-7-9-15(22)3/h7-13H,6H2,1-5H3/b11-10+. The van der Waals surface area contributed by atoms with Crippen molar-refractivity contribution in [1.29, 1.82) is 0 Å². The number of hydrogen-bond acceptors (Lipinski definition) is 3. The molecule has 0 atom stereocenters. The smallest absolute Gasteiger partial charge is 0.266 e. The zero-order valence-corrected chi connectivity index (χ0v) is 16.5. The Morgan fingerprint density at radius 3 is 2.37 bits per heavy atom. The Morgan fingerprint density at radius 1 is 1.11 bits per heavy atom. The van der Waals surface area contributed by atoms with Gasteiger partial charge in [0.05, 0.1) is 16.6 Å². The fraction of sp³-hybridized carbons (Fsp3) is 0.261. The maximum atomic E-state index is 13.4. The van der Waals surface area contributed by atoms with Crippen LogP contribution >= 0.6 is 0 Å². The van der Waals surface area contributed by atoms with Crippen molar-refractivity contribution in [2.75, 3.05) is 0 Å². The van der Waals surface area contributed by atoms with E-state index in [0.717, 1.165) is 33.8 Å². The zero-order chi connectivity index (χ0) is 19.7. The van der Waals surface area contributed by atoms with Crippen molar-refractivity contribution in [3.8, 4) is 5.69 Å². The highest BCUT2D eigenvalue weighted by atomic mass is 16.1. The molecule has 0 N–H and O–H groups in total. The lowest BCUT2D eigenvalue weighted by atomic mass is 10.0. The van der Waals surface area contributed by atoms with Gasteiger partial charge in [-0.2, -0.15) is 0 Å². The Balaban J connectivity index is 2.38. The SMILES string of the molecule is CCc1nc2cc(C)c(/C=C/C(C)=O)cc2c(=O)n1-c1c(C)cccc1C. The third-order valence-corrected chi connectivity index (χ3v) is 4.80. The fourth-order valence-corrected chi connectivity index (χ4v) is 3.41. The van der Waals surface area contributed by atoms with E-state index in [4.69, 9.17) is 4.98 Å². The molecule has 138 valence electrons. The minimum absolute atomic E-state index is 0.0260. The number of hydrogen-bond donors (Lipinski definition) is 0. The number of ketones is 1. The van der Waals surface area contributed by atoms with Crippen molar-refractivity contribution in [1.82, 2.24) is 9.55 Å². The van der Waals surface area contributed by atoms with E-state index >= 15 is 0 Å². The van der Waals surface area contributed by atoms with Gasteiger partial charge in [-0.15, -0.1) is 0 Å². The average Bonchev–Trinajstić information content (AvgIpc) is 2.61. The highest BCUT2D eigenvalue weighted by Crippen LogP contribution is 2.22. The molecule has 0 amide bonds. The molecule has 4 nitrogen and oxygen atoms in total. The summed E-state index contributed by atoms with van der Waals surface area (Å²) < 4.78 is 1.74. The third kappa shape index (κ3) is 3.47. The van der Waals surface area contributed by atoms with Gasteiger partial charge in [0.1, 0.15) is 5.82 Å². The van der Waals surface area contributed by atoms with E-state index in [2.05, 4.69) is 0 Å². The Kier molecular flexibility index (Phi) is 5.08. The van der Waals surface area contributed by atoms with Crippen LogP contribution in [0.25, 0.3) is 22.7 Å². The van der Waals surface area contributed by atoms with Gasteiger partial charge in [-0.25, -0.2) is 4.98 Å². The second-order valence-corrected chi connectivity index (χ2v) is 6.93. The Hall–Kier alpha value is -3.01. The number of rotatable bonds is 4. The molecule has 4 heteroatoms. The number of carbonyl (C=O) groups is 1. The fourth-order valence-electron chi connectivity index (χ4n) is 3.41. The molecule has 0 radical (unpaired) electrons. The molecule has 0 saturated carbocycles. The molecule has 3 rings (SSSR count). The molecule has 2 aromatic carbocycles. The molecule has 0 saturated heterocycles. The lowest BCUT2D eigenvalue weighted by Gasteiger charge is -2.17. The van der Waals surface area contributed by atoms with Gasteiger partial charge in [0.2, 0.25) is 0 Å². The molecule has 0 fully saturated rings. The molecular formula is C23H24N2O2. The van der Waals surface area contributed by atoms with Crippen molar-refractivity contribution in [3.63, 3.8) is 0 Å². The summed E-state index contributed by atoms with van der Waals surface area (Å²) in [4.78, 5) is 29.5. The maximum Gasteiger partial charge on any atom is 0.266 e. The molecule has 27 heavy (non-hydrogen) atoms. The summed E-state index contributed by atoms with van der Waals surface area (Å²) in [7, 11) is 0. The number of para-hydroxylation sites is 1. The molecule has 0 unspecified atom stereocenters. The van der Waals surface area contributed by atoms with E-state index in [1.165, 1.54) is 13.0 Å². The normalized spacial score (nSPS) is 11.4. The molecule has 0 spiro atoms. The maximum absolute atomic E-state index is 13.4. The van der Waals surface area contributed by atoms with Crippen LogP contribution in [0.5, 0.6) is 0 Å². The van der Waals surface area contributed by atoms with E-state index in [1.807, 2.05) is 58.0 Å². The molecule has 3 aromatic rings. The summed E-state index contributed by atoms with van der Waals surface area (Å²) in [5.74, 6) is 0.721. The first kappa shape index (κ1) is 18.8. The van der Waals surface area contributed by atoms with Gasteiger partial charge in [0.15, 0.2) is 5.78 Å². The summed E-state index contributed by atoms with van der Waals surface area (Å²) in [5.41, 5.74) is 5.43. The van der Waals surface area contributed by atoms with Crippen LogP contribution in [0.15, 0.2) is 41.2 Å². The van der Waals surface area contributed by atoms with Crippen molar-refractivity contribution in [3.05, 3.63) is 74.8 Å². The number of fused-ring (bicyclic) bond motifs is 1. The van der Waals surface area contributed by atoms with E-state index in [-0.39, 0.29) is 11.3 Å². The van der Waals surface area contributed by atoms with Crippen molar-refractivity contribution in [2.24, 2.45) is 0 Å². The molecule has 0 aliphatic carbocycles. The molecular weight excluding hydrogens is 336 g/mol. The molecule has 1 aromatic heterocycles. The molecule has 0 aliphatic rings. The van der Waals surface area contributed by atoms with Crippen LogP contribution in [0.1, 0.15) is 41.9 Å². The van der Waals surface area contributed by atoms with Crippen molar-refractivity contribution < 1.29 is 4.79 Å². The summed E-state index contributed by atoms with van der Waals surface area (Å²) in [5, 5.41) is 0.559. The zero-order valence-electron chi connectivity index (χ0n) is 16.5. The lowest BCUT2D eigenvalue weighted by Crippen LogP contribution is -2.25. The Bertz CT molecular complexity index is 1120. The monoisotopic (exact) mass is 360 g/mol. The van der Waals surface area contributed by atoms with Gasteiger partial charge in [0.25, 0.3) is 5.56 Å². The molecule has 1 heterocycles. The van der Waals surface area contributed by atoms with Crippen molar-refractivity contribution in [2.45, 2.75) is 41.0 Å². The van der Waals surface area contributed by atoms with Gasteiger partial charge in [-0.05, 0) is 68.2 Å². The summed E-state index contributed by atoms with van der Waals surface area (Å²) in [6, 6.07) is 9.77. The summed E-state index contributed by atoms with van der Waals surface area (Å²) >= 11 is 0. The number of allylic oxidation sites excluding steroid dienone is 1. The van der Waals surface area contributed by atoms with E-state index in [0.29, 0.717) is 17.3 Å². The number of aromatic nitrogens is 2. The largest absolute Gasteiger partial charge is 0.295 e. The molecule has 0 bridgehead atoms. The molecule has 0 aliphatic heterocycles. The van der Waals surface area contributed by atoms with Crippen molar-refractivity contribution >= 4 is 22.8 Å². The Morgan fingerprint density at radius 2 is 1.78 bits per heavy atom. The minimum Gasteiger partial charge on any atom is -0.295 e. The first-order valence-electron chi connectivity index (χ1n) is 9.15. The number of carbonyl (C=O) groups excluding carboxylic acids is 1. The first-order chi connectivity index (χ1) is 12.8. The number of aryl methyl sites for hydroxylation is 4. The van der Waals surface area contributed by atoms with Crippen LogP contribution in [0.3, 0.4) is 0 Å². The summed E-state index contributed by atoms with van der Waals surface area (Å²) in [6.07, 6.45) is 3.93. The third-order valence-electron chi connectivity index (χ3n) is 4.80. The van der Waals surface area contributed by atoms with Crippen LogP contribution in [0.4, 0.5) is 0 Å². The summed E-state index contributed by atoms with van der Waals surface area (Å²) in [6.45, 7) is 9.50. The van der Waals surface area contributed by atoms with Gasteiger partial charge in [-0.3, -0.25) is 14.2 Å². The number of nitrogens with zero attached hydrogens (tertiary/aromatic N) is 2.